The van der Waals surface area contributed by atoms with E-state index in [-0.39, 0.29) is 24.4 Å². The van der Waals surface area contributed by atoms with Crippen LogP contribution in [0, 0.1) is 0 Å². The van der Waals surface area contributed by atoms with E-state index in [0.717, 1.165) is 6.54 Å². The Kier molecular flexibility index (Phi) is 3.74. The molecule has 2 rings (SSSR count). The minimum absolute atomic E-state index is 0.0274. The number of nitrogens with zero attached hydrogens (tertiary/aromatic N) is 1. The predicted octanol–water partition coefficient (Wildman–Crippen LogP) is 0.619. The van der Waals surface area contributed by atoms with E-state index in [1.165, 1.54) is 25.0 Å². The van der Waals surface area contributed by atoms with Crippen molar-refractivity contribution in [2.24, 2.45) is 0 Å². The van der Waals surface area contributed by atoms with Crippen molar-refractivity contribution in [2.45, 2.75) is 37.5 Å². The first-order valence-corrected chi connectivity index (χ1v) is 6.92. The predicted molar refractivity (Wildman–Crippen MR) is 64.3 cm³/mol. The van der Waals surface area contributed by atoms with Gasteiger partial charge < -0.3 is 10.2 Å². The van der Waals surface area contributed by atoms with E-state index in [9.17, 15) is 9.59 Å². The normalized spacial score (nSPS) is 31.4. The molecule has 90 valence electrons. The van der Waals surface area contributed by atoms with Gasteiger partial charge in [0.1, 0.15) is 6.04 Å². The van der Waals surface area contributed by atoms with Crippen molar-refractivity contribution in [3.8, 4) is 0 Å². The number of carbonyl (C=O) groups excluding carboxylic acids is 2. The van der Waals surface area contributed by atoms with Gasteiger partial charge in [-0.3, -0.25) is 9.59 Å². The fraction of sp³-hybridized carbons (Fsp3) is 0.818. The summed E-state index contributed by atoms with van der Waals surface area (Å²) >= 11 is 1.94. The van der Waals surface area contributed by atoms with E-state index in [4.69, 9.17) is 0 Å². The third-order valence-corrected chi connectivity index (χ3v) is 4.64. The van der Waals surface area contributed by atoms with Gasteiger partial charge in [0.25, 0.3) is 0 Å². The highest BCUT2D eigenvalue weighted by Gasteiger charge is 2.32. The van der Waals surface area contributed by atoms with Gasteiger partial charge in [0.2, 0.25) is 11.8 Å². The summed E-state index contributed by atoms with van der Waals surface area (Å²) < 4.78 is 0. The topological polar surface area (TPSA) is 49.4 Å². The monoisotopic (exact) mass is 242 g/mol. The van der Waals surface area contributed by atoms with E-state index >= 15 is 0 Å². The second-order valence-electron chi connectivity index (χ2n) is 4.43. The van der Waals surface area contributed by atoms with Crippen molar-refractivity contribution in [3.05, 3.63) is 0 Å². The number of amides is 2. The molecule has 2 fully saturated rings. The molecular weight excluding hydrogens is 224 g/mol. The van der Waals surface area contributed by atoms with Gasteiger partial charge in [0.05, 0.1) is 6.54 Å². The molecule has 1 N–H and O–H groups in total. The lowest BCUT2D eigenvalue weighted by molar-refractivity contribution is -0.144. The summed E-state index contributed by atoms with van der Waals surface area (Å²) in [5.41, 5.74) is 0. The minimum Gasteiger partial charge on any atom is -0.345 e. The summed E-state index contributed by atoms with van der Waals surface area (Å²) in [6.07, 6.45) is 3.70. The van der Waals surface area contributed by atoms with Crippen LogP contribution in [-0.2, 0) is 9.59 Å². The van der Waals surface area contributed by atoms with Crippen LogP contribution in [0.1, 0.15) is 26.2 Å². The van der Waals surface area contributed by atoms with Gasteiger partial charge in [-0.15, -0.1) is 0 Å². The number of hydrogen-bond donors (Lipinski definition) is 1. The molecular formula is C11H18N2O2S. The van der Waals surface area contributed by atoms with Crippen molar-refractivity contribution < 1.29 is 9.59 Å². The fourth-order valence-electron chi connectivity index (χ4n) is 2.20. The first-order chi connectivity index (χ1) is 7.68. The van der Waals surface area contributed by atoms with Crippen LogP contribution in [0.25, 0.3) is 0 Å². The molecule has 4 nitrogen and oxygen atoms in total. The Bertz CT molecular complexity index is 290. The highest BCUT2D eigenvalue weighted by Crippen LogP contribution is 2.26. The van der Waals surface area contributed by atoms with Gasteiger partial charge in [-0.2, -0.15) is 11.8 Å². The van der Waals surface area contributed by atoms with Gasteiger partial charge >= 0.3 is 0 Å². The Morgan fingerprint density at radius 3 is 2.94 bits per heavy atom. The molecule has 0 aromatic rings. The quantitative estimate of drug-likeness (QED) is 0.772. The number of hydrogen-bond acceptors (Lipinski definition) is 3. The zero-order valence-electron chi connectivity index (χ0n) is 9.57. The molecule has 2 heterocycles. The molecule has 0 aromatic carbocycles. The van der Waals surface area contributed by atoms with Gasteiger partial charge in [-0.1, -0.05) is 6.42 Å². The average Bonchev–Trinajstić information content (AvgIpc) is 2.31. The number of nitrogens with one attached hydrogen (secondary N) is 1. The smallest absolute Gasteiger partial charge is 0.242 e. The lowest BCUT2D eigenvalue weighted by Gasteiger charge is -2.36. The van der Waals surface area contributed by atoms with E-state index < -0.39 is 0 Å². The maximum Gasteiger partial charge on any atom is 0.242 e. The van der Waals surface area contributed by atoms with E-state index in [2.05, 4.69) is 5.32 Å². The molecule has 2 unspecified atom stereocenters. The largest absolute Gasteiger partial charge is 0.345 e. The molecule has 0 aliphatic carbocycles. The van der Waals surface area contributed by atoms with Gasteiger partial charge in [0, 0.05) is 11.8 Å². The molecule has 0 saturated carbocycles. The van der Waals surface area contributed by atoms with Crippen LogP contribution in [0.15, 0.2) is 0 Å². The van der Waals surface area contributed by atoms with Gasteiger partial charge in [0.15, 0.2) is 0 Å². The molecule has 2 saturated heterocycles. The number of thioether (sulfide) groups is 1. The van der Waals surface area contributed by atoms with Crippen LogP contribution in [0.2, 0.25) is 0 Å². The molecule has 2 atom stereocenters. The highest BCUT2D eigenvalue weighted by molar-refractivity contribution is 7.99. The fourth-order valence-corrected chi connectivity index (χ4v) is 3.50. The number of carbonyl (C=O) groups is 2. The summed E-state index contributed by atoms with van der Waals surface area (Å²) in [4.78, 5) is 24.9. The molecule has 2 amide bonds. The van der Waals surface area contributed by atoms with E-state index in [0.29, 0.717) is 5.25 Å². The van der Waals surface area contributed by atoms with Crippen molar-refractivity contribution in [1.82, 2.24) is 10.2 Å². The standard InChI is InChI=1S/C11H18N2O2S/c1-8-11(15)12-6-10(14)13(8)7-9-4-2-3-5-16-9/h8-9H,2-7H2,1H3,(H,12,15). The zero-order chi connectivity index (χ0) is 11.5. The highest BCUT2D eigenvalue weighted by atomic mass is 32.2. The van der Waals surface area contributed by atoms with Gasteiger partial charge in [-0.05, 0) is 25.5 Å². The first kappa shape index (κ1) is 11.8. The number of rotatable bonds is 2. The van der Waals surface area contributed by atoms with Crippen LogP contribution in [0.5, 0.6) is 0 Å². The van der Waals surface area contributed by atoms with Crippen LogP contribution < -0.4 is 5.32 Å². The minimum atomic E-state index is -0.302. The summed E-state index contributed by atoms with van der Waals surface area (Å²) in [6.45, 7) is 2.71. The van der Waals surface area contributed by atoms with Crippen LogP contribution in [0.4, 0.5) is 0 Å². The van der Waals surface area contributed by atoms with Crippen molar-refractivity contribution in [3.63, 3.8) is 0 Å². The van der Waals surface area contributed by atoms with Crippen LogP contribution in [0.3, 0.4) is 0 Å². The lowest BCUT2D eigenvalue weighted by atomic mass is 10.1. The van der Waals surface area contributed by atoms with Crippen molar-refractivity contribution in [1.29, 1.82) is 0 Å². The first-order valence-electron chi connectivity index (χ1n) is 5.87. The maximum atomic E-state index is 11.7. The van der Waals surface area contributed by atoms with Gasteiger partial charge in [-0.25, -0.2) is 0 Å². The Labute approximate surface area is 100 Å². The van der Waals surface area contributed by atoms with Crippen molar-refractivity contribution >= 4 is 23.6 Å². The molecule has 0 spiro atoms. The molecule has 2 aliphatic rings. The Balaban J connectivity index is 1.95. The lowest BCUT2D eigenvalue weighted by Crippen LogP contribution is -2.58. The van der Waals surface area contributed by atoms with Crippen LogP contribution in [-0.4, -0.2) is 46.8 Å². The maximum absolute atomic E-state index is 11.7. The van der Waals surface area contributed by atoms with Crippen LogP contribution >= 0.6 is 11.8 Å². The van der Waals surface area contributed by atoms with E-state index in [1.807, 2.05) is 11.8 Å². The second-order valence-corrected chi connectivity index (χ2v) is 5.84. The average molecular weight is 242 g/mol. The Morgan fingerprint density at radius 2 is 2.25 bits per heavy atom. The van der Waals surface area contributed by atoms with Crippen molar-refractivity contribution in [2.75, 3.05) is 18.8 Å². The third-order valence-electron chi connectivity index (χ3n) is 3.26. The zero-order valence-corrected chi connectivity index (χ0v) is 10.4. The molecule has 2 aliphatic heterocycles. The summed E-state index contributed by atoms with van der Waals surface area (Å²) in [5.74, 6) is 1.21. The molecule has 5 heteroatoms. The molecule has 0 radical (unpaired) electrons. The summed E-state index contributed by atoms with van der Waals surface area (Å²) in [6, 6.07) is -0.302. The second kappa shape index (κ2) is 5.08. The molecule has 16 heavy (non-hydrogen) atoms. The SMILES string of the molecule is CC1C(=O)NCC(=O)N1CC1CCCCS1. The Hall–Kier alpha value is -0.710. The molecule has 0 aromatic heterocycles. The molecule has 0 bridgehead atoms. The Morgan fingerprint density at radius 1 is 1.44 bits per heavy atom. The third kappa shape index (κ3) is 2.51. The summed E-state index contributed by atoms with van der Waals surface area (Å²) in [7, 11) is 0. The number of piperazine rings is 1. The summed E-state index contributed by atoms with van der Waals surface area (Å²) in [5, 5.41) is 3.13. The van der Waals surface area contributed by atoms with E-state index in [1.54, 1.807) is 11.8 Å².